The number of benzene rings is 2. The van der Waals surface area contributed by atoms with E-state index in [0.717, 1.165) is 0 Å². The lowest BCUT2D eigenvalue weighted by atomic mass is 9.97. The van der Waals surface area contributed by atoms with Crippen molar-refractivity contribution in [3.8, 4) is 11.5 Å². The first-order valence-electron chi connectivity index (χ1n) is 6.70. The van der Waals surface area contributed by atoms with E-state index in [0.29, 0.717) is 5.56 Å². The number of hydrogen-bond donors (Lipinski definition) is 2. The molecule has 2 rings (SSSR count). The third-order valence-electron chi connectivity index (χ3n) is 3.29. The zero-order chi connectivity index (χ0) is 17.0. The van der Waals surface area contributed by atoms with E-state index in [1.54, 1.807) is 30.3 Å². The van der Waals surface area contributed by atoms with Crippen molar-refractivity contribution in [3.05, 3.63) is 59.2 Å². The van der Waals surface area contributed by atoms with Gasteiger partial charge >= 0.3 is 5.97 Å². The third kappa shape index (κ3) is 3.37. The first-order chi connectivity index (χ1) is 11.0. The summed E-state index contributed by atoms with van der Waals surface area (Å²) in [5.74, 6) is -3.29. The molecule has 2 aromatic rings. The lowest BCUT2D eigenvalue weighted by Gasteiger charge is -2.10. The van der Waals surface area contributed by atoms with Gasteiger partial charge in [0.05, 0.1) is 13.5 Å². The molecule has 0 radical (unpaired) electrons. The SMILES string of the molecule is COc1ccc(C(=O)CC(=O)c2ccccc2)c(C(=O)O)c1O. The molecule has 0 bridgehead atoms. The summed E-state index contributed by atoms with van der Waals surface area (Å²) in [7, 11) is 1.26. The van der Waals surface area contributed by atoms with Gasteiger partial charge in [-0.2, -0.15) is 0 Å². The van der Waals surface area contributed by atoms with E-state index in [1.165, 1.54) is 19.2 Å². The molecule has 23 heavy (non-hydrogen) atoms. The molecule has 0 heterocycles. The van der Waals surface area contributed by atoms with Crippen molar-refractivity contribution in [2.24, 2.45) is 0 Å². The second-order valence-corrected chi connectivity index (χ2v) is 4.73. The number of phenols is 1. The molecule has 0 spiro atoms. The van der Waals surface area contributed by atoms with Gasteiger partial charge in [0.25, 0.3) is 0 Å². The van der Waals surface area contributed by atoms with E-state index in [4.69, 9.17) is 4.74 Å². The second-order valence-electron chi connectivity index (χ2n) is 4.73. The molecule has 0 aliphatic heterocycles. The van der Waals surface area contributed by atoms with Gasteiger partial charge in [-0.15, -0.1) is 0 Å². The van der Waals surface area contributed by atoms with E-state index in [2.05, 4.69) is 0 Å². The van der Waals surface area contributed by atoms with Gasteiger partial charge in [0.2, 0.25) is 0 Å². The largest absolute Gasteiger partial charge is 0.504 e. The van der Waals surface area contributed by atoms with Crippen LogP contribution in [0.4, 0.5) is 0 Å². The Morgan fingerprint density at radius 3 is 2.22 bits per heavy atom. The van der Waals surface area contributed by atoms with Crippen LogP contribution < -0.4 is 4.74 Å². The molecule has 0 aliphatic carbocycles. The molecule has 0 amide bonds. The van der Waals surface area contributed by atoms with Crippen molar-refractivity contribution in [2.45, 2.75) is 6.42 Å². The number of carbonyl (C=O) groups excluding carboxylic acids is 2. The highest BCUT2D eigenvalue weighted by Gasteiger charge is 2.25. The van der Waals surface area contributed by atoms with Crippen molar-refractivity contribution in [1.29, 1.82) is 0 Å². The topological polar surface area (TPSA) is 101 Å². The van der Waals surface area contributed by atoms with Crippen LogP contribution in [0.1, 0.15) is 37.5 Å². The van der Waals surface area contributed by atoms with Gasteiger partial charge in [-0.05, 0) is 12.1 Å². The smallest absolute Gasteiger partial charge is 0.340 e. The Balaban J connectivity index is 2.35. The summed E-state index contributed by atoms with van der Waals surface area (Å²) in [5.41, 5.74) is -0.453. The van der Waals surface area contributed by atoms with E-state index in [-0.39, 0.29) is 11.3 Å². The Labute approximate surface area is 131 Å². The van der Waals surface area contributed by atoms with Crippen LogP contribution in [0.15, 0.2) is 42.5 Å². The standard InChI is InChI=1S/C17H14O6/c1-23-14-8-7-11(15(16(14)20)17(21)22)13(19)9-12(18)10-5-3-2-4-6-10/h2-8,20H,9H2,1H3,(H,21,22). The Morgan fingerprint density at radius 1 is 1.00 bits per heavy atom. The van der Waals surface area contributed by atoms with Crippen molar-refractivity contribution in [3.63, 3.8) is 0 Å². The average molecular weight is 314 g/mol. The first-order valence-corrected chi connectivity index (χ1v) is 6.70. The van der Waals surface area contributed by atoms with Gasteiger partial charge in [-0.1, -0.05) is 30.3 Å². The molecule has 2 aromatic carbocycles. The van der Waals surface area contributed by atoms with Gasteiger partial charge in [-0.3, -0.25) is 9.59 Å². The summed E-state index contributed by atoms with van der Waals surface area (Å²) in [6.45, 7) is 0. The van der Waals surface area contributed by atoms with Gasteiger partial charge in [0.15, 0.2) is 23.1 Å². The number of rotatable bonds is 6. The maximum atomic E-state index is 12.3. The minimum absolute atomic E-state index is 0.0617. The molecule has 6 heteroatoms. The van der Waals surface area contributed by atoms with Crippen LogP contribution in [0.2, 0.25) is 0 Å². The van der Waals surface area contributed by atoms with Gasteiger partial charge in [-0.25, -0.2) is 4.79 Å². The van der Waals surface area contributed by atoms with Gasteiger partial charge in [0, 0.05) is 11.1 Å². The molecule has 118 valence electrons. The van der Waals surface area contributed by atoms with Crippen LogP contribution in [0.3, 0.4) is 0 Å². The molecule has 0 saturated heterocycles. The molecular weight excluding hydrogens is 300 g/mol. The summed E-state index contributed by atoms with van der Waals surface area (Å²) in [6.07, 6.45) is -0.490. The van der Waals surface area contributed by atoms with E-state index < -0.39 is 35.3 Å². The minimum Gasteiger partial charge on any atom is -0.504 e. The maximum Gasteiger partial charge on any atom is 0.340 e. The fourth-order valence-electron chi connectivity index (χ4n) is 2.15. The van der Waals surface area contributed by atoms with Crippen molar-refractivity contribution >= 4 is 17.5 Å². The molecule has 0 aromatic heterocycles. The summed E-state index contributed by atoms with van der Waals surface area (Å²) >= 11 is 0. The van der Waals surface area contributed by atoms with Crippen LogP contribution in [-0.4, -0.2) is 34.9 Å². The number of carbonyl (C=O) groups is 3. The predicted octanol–water partition coefficient (Wildman–Crippen LogP) is 2.55. The molecule has 0 unspecified atom stereocenters. The maximum absolute atomic E-state index is 12.3. The average Bonchev–Trinajstić information content (AvgIpc) is 2.54. The number of carboxylic acids is 1. The normalized spacial score (nSPS) is 10.1. The predicted molar refractivity (Wildman–Crippen MR) is 81.3 cm³/mol. The number of ketones is 2. The van der Waals surface area contributed by atoms with Gasteiger partial charge < -0.3 is 14.9 Å². The van der Waals surface area contributed by atoms with Crippen molar-refractivity contribution in [2.75, 3.05) is 7.11 Å². The Hall–Kier alpha value is -3.15. The Bertz CT molecular complexity index is 764. The third-order valence-corrected chi connectivity index (χ3v) is 3.29. The number of hydrogen-bond acceptors (Lipinski definition) is 5. The van der Waals surface area contributed by atoms with Crippen LogP contribution in [0.5, 0.6) is 11.5 Å². The first kappa shape index (κ1) is 16.2. The zero-order valence-electron chi connectivity index (χ0n) is 12.3. The van der Waals surface area contributed by atoms with Crippen molar-refractivity contribution < 1.29 is 29.3 Å². The van der Waals surface area contributed by atoms with Crippen LogP contribution >= 0.6 is 0 Å². The molecule has 0 saturated carbocycles. The number of carboxylic acid groups (broad SMARTS) is 1. The van der Waals surface area contributed by atoms with E-state index >= 15 is 0 Å². The summed E-state index contributed by atoms with van der Waals surface area (Å²) in [6, 6.07) is 10.7. The molecule has 6 nitrogen and oxygen atoms in total. The molecule has 0 aliphatic rings. The highest BCUT2D eigenvalue weighted by atomic mass is 16.5. The number of aromatic hydroxyl groups is 1. The molecule has 0 atom stereocenters. The van der Waals surface area contributed by atoms with E-state index in [1.807, 2.05) is 0 Å². The van der Waals surface area contributed by atoms with Crippen LogP contribution in [0, 0.1) is 0 Å². The number of ether oxygens (including phenoxy) is 1. The Kier molecular flexibility index (Phi) is 4.75. The number of methoxy groups -OCH3 is 1. The quantitative estimate of drug-likeness (QED) is 0.627. The van der Waals surface area contributed by atoms with Crippen LogP contribution in [-0.2, 0) is 0 Å². The second kappa shape index (κ2) is 6.74. The summed E-state index contributed by atoms with van der Waals surface area (Å²) in [4.78, 5) is 35.6. The lowest BCUT2D eigenvalue weighted by molar-refractivity contribution is 0.0685. The number of Topliss-reactive ketones (excluding diaryl/α,β-unsaturated/α-hetero) is 2. The summed E-state index contributed by atoms with van der Waals surface area (Å²) in [5, 5.41) is 19.1. The zero-order valence-corrected chi connectivity index (χ0v) is 12.3. The molecule has 0 fully saturated rings. The monoisotopic (exact) mass is 314 g/mol. The molecular formula is C17H14O6. The Morgan fingerprint density at radius 2 is 1.65 bits per heavy atom. The number of aromatic carboxylic acids is 1. The highest BCUT2D eigenvalue weighted by Crippen LogP contribution is 2.33. The molecule has 2 N–H and O–H groups in total. The fraction of sp³-hybridized carbons (Fsp3) is 0.118. The fourth-order valence-corrected chi connectivity index (χ4v) is 2.15. The van der Waals surface area contributed by atoms with Crippen molar-refractivity contribution in [1.82, 2.24) is 0 Å². The minimum atomic E-state index is -1.48. The van der Waals surface area contributed by atoms with E-state index in [9.17, 15) is 24.6 Å². The lowest BCUT2D eigenvalue weighted by Crippen LogP contribution is -2.13. The van der Waals surface area contributed by atoms with Crippen LogP contribution in [0.25, 0.3) is 0 Å². The summed E-state index contributed by atoms with van der Waals surface area (Å²) < 4.78 is 4.83. The van der Waals surface area contributed by atoms with Gasteiger partial charge in [0.1, 0.15) is 5.56 Å². The highest BCUT2D eigenvalue weighted by molar-refractivity contribution is 6.17.